The molecule has 1 unspecified atom stereocenters. The molecule has 0 aliphatic rings. The first-order valence-corrected chi connectivity index (χ1v) is 7.80. The lowest BCUT2D eigenvalue weighted by atomic mass is 10.1. The maximum atomic E-state index is 9.88. The molecule has 1 aromatic carbocycles. The van der Waals surface area contributed by atoms with Crippen LogP contribution in [0.2, 0.25) is 5.02 Å². The van der Waals surface area contributed by atoms with Crippen molar-refractivity contribution in [2.75, 3.05) is 6.61 Å². The average Bonchev–Trinajstić information content (AvgIpc) is 2.88. The number of aliphatic hydroxyl groups is 1. The average molecular weight is 332 g/mol. The summed E-state index contributed by atoms with van der Waals surface area (Å²) in [5.41, 5.74) is 2.54. The van der Waals surface area contributed by atoms with E-state index >= 15 is 0 Å². The summed E-state index contributed by atoms with van der Waals surface area (Å²) >= 11 is 6.00. The third-order valence-corrected chi connectivity index (χ3v) is 3.85. The first-order chi connectivity index (χ1) is 11.1. The minimum absolute atomic E-state index is 0.436. The van der Waals surface area contributed by atoms with Gasteiger partial charge in [-0.05, 0) is 30.7 Å². The standard InChI is InChI=1S/C17H18ClN3O2/c1-3-23-17(22)15-10-21(2)16(20-15)7-11-4-5-14-12(6-11)8-13(18)9-19-14/h4-6,8-10,17,22H,3,7H2,1-2H3. The van der Waals surface area contributed by atoms with Crippen LogP contribution in [0.25, 0.3) is 10.9 Å². The van der Waals surface area contributed by atoms with E-state index in [1.807, 2.05) is 36.7 Å². The van der Waals surface area contributed by atoms with Gasteiger partial charge in [-0.25, -0.2) is 4.98 Å². The number of ether oxygens (including phenoxy) is 1. The molecule has 2 heterocycles. The van der Waals surface area contributed by atoms with Crippen LogP contribution in [-0.2, 0) is 18.2 Å². The highest BCUT2D eigenvalue weighted by atomic mass is 35.5. The second kappa shape index (κ2) is 6.66. The second-order valence-corrected chi connectivity index (χ2v) is 5.79. The Kier molecular flexibility index (Phi) is 4.61. The molecule has 2 aromatic heterocycles. The van der Waals surface area contributed by atoms with E-state index in [-0.39, 0.29) is 0 Å². The van der Waals surface area contributed by atoms with Gasteiger partial charge in [0.1, 0.15) is 11.5 Å². The number of imidazole rings is 1. The number of pyridine rings is 1. The molecule has 120 valence electrons. The van der Waals surface area contributed by atoms with E-state index in [1.165, 1.54) is 0 Å². The fraction of sp³-hybridized carbons (Fsp3) is 0.294. The fourth-order valence-corrected chi connectivity index (χ4v) is 2.67. The predicted octanol–water partition coefficient (Wildman–Crippen LogP) is 3.24. The number of rotatable bonds is 5. The zero-order valence-corrected chi connectivity index (χ0v) is 13.8. The third kappa shape index (κ3) is 3.52. The van der Waals surface area contributed by atoms with Gasteiger partial charge in [0.05, 0.1) is 10.5 Å². The Morgan fingerprint density at radius 2 is 2.17 bits per heavy atom. The van der Waals surface area contributed by atoms with E-state index in [0.29, 0.717) is 23.7 Å². The van der Waals surface area contributed by atoms with Crippen LogP contribution in [0.3, 0.4) is 0 Å². The summed E-state index contributed by atoms with van der Waals surface area (Å²) in [5.74, 6) is 0.855. The number of nitrogens with zero attached hydrogens (tertiary/aromatic N) is 3. The van der Waals surface area contributed by atoms with Crippen LogP contribution in [0.4, 0.5) is 0 Å². The molecule has 1 atom stereocenters. The van der Waals surface area contributed by atoms with Crippen molar-refractivity contribution in [3.63, 3.8) is 0 Å². The van der Waals surface area contributed by atoms with E-state index in [2.05, 4.69) is 16.0 Å². The van der Waals surface area contributed by atoms with Crippen molar-refractivity contribution >= 4 is 22.5 Å². The molecule has 5 nitrogen and oxygen atoms in total. The van der Waals surface area contributed by atoms with Crippen molar-refractivity contribution < 1.29 is 9.84 Å². The van der Waals surface area contributed by atoms with Crippen LogP contribution in [0.15, 0.2) is 36.7 Å². The summed E-state index contributed by atoms with van der Waals surface area (Å²) in [7, 11) is 1.91. The van der Waals surface area contributed by atoms with Crippen LogP contribution in [0.5, 0.6) is 0 Å². The zero-order chi connectivity index (χ0) is 16.4. The van der Waals surface area contributed by atoms with Gasteiger partial charge in [-0.3, -0.25) is 4.98 Å². The van der Waals surface area contributed by atoms with E-state index in [9.17, 15) is 5.11 Å². The maximum absolute atomic E-state index is 9.88. The fourth-order valence-electron chi connectivity index (χ4n) is 2.50. The molecule has 0 amide bonds. The second-order valence-electron chi connectivity index (χ2n) is 5.36. The Balaban J connectivity index is 1.87. The summed E-state index contributed by atoms with van der Waals surface area (Å²) in [6.45, 7) is 2.27. The Hall–Kier alpha value is -1.95. The van der Waals surface area contributed by atoms with Gasteiger partial charge >= 0.3 is 0 Å². The first-order valence-electron chi connectivity index (χ1n) is 7.43. The van der Waals surface area contributed by atoms with Gasteiger partial charge in [-0.2, -0.15) is 0 Å². The van der Waals surface area contributed by atoms with Crippen LogP contribution in [-0.4, -0.2) is 26.2 Å². The van der Waals surface area contributed by atoms with Gasteiger partial charge in [0.15, 0.2) is 6.29 Å². The number of aromatic nitrogens is 3. The van der Waals surface area contributed by atoms with Gasteiger partial charge in [0.2, 0.25) is 0 Å². The number of fused-ring (bicyclic) bond motifs is 1. The lowest BCUT2D eigenvalue weighted by molar-refractivity contribution is -0.101. The van der Waals surface area contributed by atoms with Gasteiger partial charge < -0.3 is 14.4 Å². The molecule has 1 N–H and O–H groups in total. The quantitative estimate of drug-likeness (QED) is 0.729. The lowest BCUT2D eigenvalue weighted by Crippen LogP contribution is -2.03. The van der Waals surface area contributed by atoms with Crippen molar-refractivity contribution in [3.8, 4) is 0 Å². The summed E-state index contributed by atoms with van der Waals surface area (Å²) in [5, 5.41) is 11.5. The van der Waals surface area contributed by atoms with E-state index in [0.717, 1.165) is 22.3 Å². The van der Waals surface area contributed by atoms with Crippen molar-refractivity contribution in [1.29, 1.82) is 0 Å². The Morgan fingerprint density at radius 1 is 1.35 bits per heavy atom. The highest BCUT2D eigenvalue weighted by Crippen LogP contribution is 2.20. The molecule has 23 heavy (non-hydrogen) atoms. The Bertz CT molecular complexity index is 832. The number of aryl methyl sites for hydroxylation is 1. The van der Waals surface area contributed by atoms with Crippen LogP contribution < -0.4 is 0 Å². The monoisotopic (exact) mass is 331 g/mol. The molecule has 0 aliphatic heterocycles. The molecule has 0 aliphatic carbocycles. The summed E-state index contributed by atoms with van der Waals surface area (Å²) in [6, 6.07) is 7.95. The van der Waals surface area contributed by atoms with Crippen molar-refractivity contribution in [1.82, 2.24) is 14.5 Å². The van der Waals surface area contributed by atoms with Gasteiger partial charge in [-0.1, -0.05) is 17.7 Å². The Labute approximate surface area is 139 Å². The number of aliphatic hydroxyl groups excluding tert-OH is 1. The molecule has 3 aromatic rings. The van der Waals surface area contributed by atoms with E-state index in [4.69, 9.17) is 16.3 Å². The van der Waals surface area contributed by atoms with Crippen LogP contribution in [0.1, 0.15) is 30.3 Å². The van der Waals surface area contributed by atoms with Crippen molar-refractivity contribution in [2.24, 2.45) is 7.05 Å². The largest absolute Gasteiger partial charge is 0.363 e. The van der Waals surface area contributed by atoms with Crippen molar-refractivity contribution in [3.05, 3.63) is 58.8 Å². The first kappa shape index (κ1) is 15.9. The molecule has 0 radical (unpaired) electrons. The minimum Gasteiger partial charge on any atom is -0.363 e. The SMILES string of the molecule is CCOC(O)c1cn(C)c(Cc2ccc3ncc(Cl)cc3c2)n1. The number of halogens is 1. The number of benzene rings is 1. The highest BCUT2D eigenvalue weighted by molar-refractivity contribution is 6.31. The molecule has 0 saturated carbocycles. The summed E-state index contributed by atoms with van der Waals surface area (Å²) in [6.07, 6.45) is 3.09. The molecule has 0 spiro atoms. The van der Waals surface area contributed by atoms with Gasteiger partial charge in [-0.15, -0.1) is 0 Å². The van der Waals surface area contributed by atoms with E-state index in [1.54, 1.807) is 12.4 Å². The third-order valence-electron chi connectivity index (χ3n) is 3.64. The lowest BCUT2D eigenvalue weighted by Gasteiger charge is -2.06. The molecule has 0 fully saturated rings. The topological polar surface area (TPSA) is 60.2 Å². The molecule has 3 rings (SSSR count). The highest BCUT2D eigenvalue weighted by Gasteiger charge is 2.14. The number of hydrogen-bond acceptors (Lipinski definition) is 4. The van der Waals surface area contributed by atoms with Crippen LogP contribution in [0, 0.1) is 0 Å². The molecular formula is C17H18ClN3O2. The molecule has 6 heteroatoms. The predicted molar refractivity (Wildman–Crippen MR) is 89.4 cm³/mol. The van der Waals surface area contributed by atoms with Crippen LogP contribution >= 0.6 is 11.6 Å². The molecule has 0 bridgehead atoms. The number of hydrogen-bond donors (Lipinski definition) is 1. The van der Waals surface area contributed by atoms with Crippen molar-refractivity contribution in [2.45, 2.75) is 19.6 Å². The smallest absolute Gasteiger partial charge is 0.200 e. The molecular weight excluding hydrogens is 314 g/mol. The van der Waals surface area contributed by atoms with E-state index < -0.39 is 6.29 Å². The van der Waals surface area contributed by atoms with Gasteiger partial charge in [0.25, 0.3) is 0 Å². The molecule has 0 saturated heterocycles. The normalized spacial score (nSPS) is 12.7. The summed E-state index contributed by atoms with van der Waals surface area (Å²) < 4.78 is 7.07. The van der Waals surface area contributed by atoms with Gasteiger partial charge in [0, 0.05) is 37.9 Å². The minimum atomic E-state index is -0.987. The maximum Gasteiger partial charge on any atom is 0.200 e. The summed E-state index contributed by atoms with van der Waals surface area (Å²) in [4.78, 5) is 8.76. The zero-order valence-electron chi connectivity index (χ0n) is 13.0. The Morgan fingerprint density at radius 3 is 2.96 bits per heavy atom.